The molecule has 1 aromatic carbocycles. The average molecular weight is 296 g/mol. The normalized spacial score (nSPS) is 16.2. The number of carbonyl (C=O) groups is 2. The molecule has 6 heteroatoms. The Labute approximate surface area is 123 Å². The maximum absolute atomic E-state index is 12.1. The predicted octanol–water partition coefficient (Wildman–Crippen LogP) is 1.50. The molecule has 0 aliphatic carbocycles. The summed E-state index contributed by atoms with van der Waals surface area (Å²) in [5.41, 5.74) is 7.08. The Bertz CT molecular complexity index is 545. The van der Waals surface area contributed by atoms with Crippen LogP contribution in [0.2, 0.25) is 5.02 Å². The van der Waals surface area contributed by atoms with Crippen molar-refractivity contribution in [3.05, 3.63) is 28.8 Å². The number of amides is 2. The minimum atomic E-state index is -0.460. The van der Waals surface area contributed by atoms with Crippen LogP contribution in [0, 0.1) is 0 Å². The minimum absolute atomic E-state index is 0.0415. The molecule has 20 heavy (non-hydrogen) atoms. The van der Waals surface area contributed by atoms with Crippen molar-refractivity contribution in [2.24, 2.45) is 0 Å². The number of piperazine rings is 1. The lowest BCUT2D eigenvalue weighted by Gasteiger charge is -2.36. The van der Waals surface area contributed by atoms with E-state index < -0.39 is 11.8 Å². The van der Waals surface area contributed by atoms with Gasteiger partial charge in [0.25, 0.3) is 0 Å². The number of rotatable bonds is 3. The third-order valence-corrected chi connectivity index (χ3v) is 3.74. The topological polar surface area (TPSA) is 66.6 Å². The van der Waals surface area contributed by atoms with Crippen LogP contribution >= 0.6 is 11.6 Å². The molecule has 0 radical (unpaired) electrons. The fraction of sp³-hybridized carbons (Fsp3) is 0.429. The Morgan fingerprint density at radius 3 is 2.55 bits per heavy atom. The molecule has 0 spiro atoms. The van der Waals surface area contributed by atoms with E-state index in [1.165, 1.54) is 0 Å². The molecule has 0 saturated carbocycles. The fourth-order valence-corrected chi connectivity index (χ4v) is 2.36. The van der Waals surface area contributed by atoms with E-state index in [2.05, 4.69) is 0 Å². The summed E-state index contributed by atoms with van der Waals surface area (Å²) in [6.07, 6.45) is 0. The summed E-state index contributed by atoms with van der Waals surface area (Å²) >= 11 is 5.86. The van der Waals surface area contributed by atoms with Gasteiger partial charge in [-0.05, 0) is 31.5 Å². The summed E-state index contributed by atoms with van der Waals surface area (Å²) in [6, 6.07) is 5.28. The third kappa shape index (κ3) is 2.88. The highest BCUT2D eigenvalue weighted by Crippen LogP contribution is 2.21. The Balaban J connectivity index is 2.09. The van der Waals surface area contributed by atoms with Crippen LogP contribution in [0.5, 0.6) is 0 Å². The zero-order valence-electron chi connectivity index (χ0n) is 11.6. The molecule has 2 rings (SSSR count). The molecule has 0 unspecified atom stereocenters. The van der Waals surface area contributed by atoms with Crippen LogP contribution < -0.4 is 5.73 Å². The maximum atomic E-state index is 12.1. The van der Waals surface area contributed by atoms with Gasteiger partial charge in [0.05, 0.1) is 10.7 Å². The first-order valence-electron chi connectivity index (χ1n) is 6.54. The molecule has 2 amide bonds. The van der Waals surface area contributed by atoms with Gasteiger partial charge in [0.2, 0.25) is 0 Å². The minimum Gasteiger partial charge on any atom is -0.398 e. The molecule has 108 valence electrons. The van der Waals surface area contributed by atoms with E-state index in [4.69, 9.17) is 17.3 Å². The molecule has 2 N–H and O–H groups in total. The molecule has 1 fully saturated rings. The van der Waals surface area contributed by atoms with Gasteiger partial charge in [0.15, 0.2) is 0 Å². The Kier molecular flexibility index (Phi) is 4.18. The second kappa shape index (κ2) is 5.71. The molecule has 1 saturated heterocycles. The summed E-state index contributed by atoms with van der Waals surface area (Å²) in [4.78, 5) is 27.2. The molecule has 0 atom stereocenters. The van der Waals surface area contributed by atoms with Gasteiger partial charge in [0, 0.05) is 25.7 Å². The van der Waals surface area contributed by atoms with Crippen molar-refractivity contribution in [3.63, 3.8) is 0 Å². The lowest BCUT2D eigenvalue weighted by atomic mass is 10.1. The van der Waals surface area contributed by atoms with Gasteiger partial charge in [-0.2, -0.15) is 0 Å². The fourth-order valence-electron chi connectivity index (χ4n) is 2.25. The van der Waals surface area contributed by atoms with Crippen molar-refractivity contribution >= 4 is 29.1 Å². The number of nitrogens with two attached hydrogens (primary N) is 1. The largest absolute Gasteiger partial charge is 0.398 e. The molecule has 1 aromatic rings. The van der Waals surface area contributed by atoms with E-state index in [9.17, 15) is 9.59 Å². The van der Waals surface area contributed by atoms with Crippen LogP contribution in [0.25, 0.3) is 0 Å². The smallest absolute Gasteiger partial charge is 0.312 e. The summed E-state index contributed by atoms with van der Waals surface area (Å²) in [5, 5.41) is 0.487. The van der Waals surface area contributed by atoms with Crippen LogP contribution in [-0.2, 0) is 16.1 Å². The average Bonchev–Trinajstić information content (AvgIpc) is 2.39. The predicted molar refractivity (Wildman–Crippen MR) is 78.1 cm³/mol. The van der Waals surface area contributed by atoms with Gasteiger partial charge >= 0.3 is 11.8 Å². The lowest BCUT2D eigenvalue weighted by Crippen LogP contribution is -2.55. The third-order valence-electron chi connectivity index (χ3n) is 3.40. The van der Waals surface area contributed by atoms with Gasteiger partial charge in [-0.15, -0.1) is 0 Å². The Morgan fingerprint density at radius 1 is 1.25 bits per heavy atom. The number of anilines is 1. The standard InChI is InChI=1S/C14H18ClN3O2/c1-9(2)18-6-5-17(13(19)14(18)20)8-10-3-4-11(15)12(16)7-10/h3-4,7,9H,5-6,8,16H2,1-2H3. The number of nitrogen functional groups attached to an aromatic ring is 1. The van der Waals surface area contributed by atoms with E-state index in [-0.39, 0.29) is 6.04 Å². The summed E-state index contributed by atoms with van der Waals surface area (Å²) in [5.74, 6) is -0.897. The number of carbonyl (C=O) groups excluding carboxylic acids is 2. The Hall–Kier alpha value is -1.75. The van der Waals surface area contributed by atoms with Gasteiger partial charge in [0.1, 0.15) is 0 Å². The maximum Gasteiger partial charge on any atom is 0.312 e. The first-order valence-corrected chi connectivity index (χ1v) is 6.91. The number of hydrogen-bond donors (Lipinski definition) is 1. The number of benzene rings is 1. The highest BCUT2D eigenvalue weighted by Gasteiger charge is 2.33. The van der Waals surface area contributed by atoms with E-state index in [0.29, 0.717) is 30.3 Å². The number of nitrogens with zero attached hydrogens (tertiary/aromatic N) is 2. The molecular weight excluding hydrogens is 278 g/mol. The van der Waals surface area contributed by atoms with Gasteiger partial charge in [-0.25, -0.2) is 0 Å². The lowest BCUT2D eigenvalue weighted by molar-refractivity contribution is -0.157. The van der Waals surface area contributed by atoms with Crippen LogP contribution in [0.3, 0.4) is 0 Å². The second-order valence-electron chi connectivity index (χ2n) is 5.17. The van der Waals surface area contributed by atoms with Crippen molar-refractivity contribution in [2.45, 2.75) is 26.4 Å². The quantitative estimate of drug-likeness (QED) is 0.679. The van der Waals surface area contributed by atoms with Gasteiger partial charge < -0.3 is 15.5 Å². The number of halogens is 1. The molecule has 0 bridgehead atoms. The summed E-state index contributed by atoms with van der Waals surface area (Å²) in [6.45, 7) is 5.27. The van der Waals surface area contributed by atoms with E-state index in [1.54, 1.807) is 21.9 Å². The van der Waals surface area contributed by atoms with Crippen LogP contribution in [0.1, 0.15) is 19.4 Å². The van der Waals surface area contributed by atoms with E-state index in [1.807, 2.05) is 19.9 Å². The van der Waals surface area contributed by atoms with Crippen molar-refractivity contribution in [3.8, 4) is 0 Å². The van der Waals surface area contributed by atoms with Crippen molar-refractivity contribution < 1.29 is 9.59 Å². The van der Waals surface area contributed by atoms with Crippen LogP contribution in [-0.4, -0.2) is 40.7 Å². The van der Waals surface area contributed by atoms with Crippen LogP contribution in [0.4, 0.5) is 5.69 Å². The SMILES string of the molecule is CC(C)N1CCN(Cc2ccc(Cl)c(N)c2)C(=O)C1=O. The zero-order chi connectivity index (χ0) is 14.9. The summed E-state index contributed by atoms with van der Waals surface area (Å²) < 4.78 is 0. The van der Waals surface area contributed by atoms with Crippen molar-refractivity contribution in [2.75, 3.05) is 18.8 Å². The molecular formula is C14H18ClN3O2. The molecule has 0 aromatic heterocycles. The Morgan fingerprint density at radius 2 is 1.95 bits per heavy atom. The first-order chi connectivity index (χ1) is 9.40. The molecule has 5 nitrogen and oxygen atoms in total. The second-order valence-corrected chi connectivity index (χ2v) is 5.58. The van der Waals surface area contributed by atoms with Crippen LogP contribution in [0.15, 0.2) is 18.2 Å². The van der Waals surface area contributed by atoms with E-state index >= 15 is 0 Å². The van der Waals surface area contributed by atoms with Crippen molar-refractivity contribution in [1.82, 2.24) is 9.80 Å². The van der Waals surface area contributed by atoms with Gasteiger partial charge in [-0.3, -0.25) is 9.59 Å². The first kappa shape index (κ1) is 14.7. The molecule has 1 aliphatic rings. The zero-order valence-corrected chi connectivity index (χ0v) is 12.4. The highest BCUT2D eigenvalue weighted by molar-refractivity contribution is 6.35. The molecule has 1 heterocycles. The highest BCUT2D eigenvalue weighted by atomic mass is 35.5. The summed E-state index contributed by atoms with van der Waals surface area (Å²) in [7, 11) is 0. The monoisotopic (exact) mass is 295 g/mol. The van der Waals surface area contributed by atoms with E-state index in [0.717, 1.165) is 5.56 Å². The molecule has 1 aliphatic heterocycles. The van der Waals surface area contributed by atoms with Gasteiger partial charge in [-0.1, -0.05) is 17.7 Å². The number of hydrogen-bond acceptors (Lipinski definition) is 3. The van der Waals surface area contributed by atoms with Crippen molar-refractivity contribution in [1.29, 1.82) is 0 Å².